The maximum atomic E-state index is 13.2. The Labute approximate surface area is 155 Å². The van der Waals surface area contributed by atoms with Crippen molar-refractivity contribution < 1.29 is 36.6 Å². The lowest BCUT2D eigenvalue weighted by atomic mass is 10.1. The number of alkyl halides is 3. The third kappa shape index (κ3) is 4.10. The van der Waals surface area contributed by atoms with Gasteiger partial charge >= 0.3 is 16.4 Å². The maximum absolute atomic E-state index is 13.2. The van der Waals surface area contributed by atoms with E-state index in [-0.39, 0.29) is 23.5 Å². The van der Waals surface area contributed by atoms with E-state index in [2.05, 4.69) is 0 Å². The van der Waals surface area contributed by atoms with Gasteiger partial charge in [0.25, 0.3) is 5.91 Å². The third-order valence-corrected chi connectivity index (χ3v) is 6.37. The van der Waals surface area contributed by atoms with Gasteiger partial charge in [0.15, 0.2) is 0 Å². The molecule has 2 unspecified atom stereocenters. The van der Waals surface area contributed by atoms with Gasteiger partial charge in [-0.1, -0.05) is 24.6 Å². The summed E-state index contributed by atoms with van der Waals surface area (Å²) in [6, 6.07) is 5.65. The van der Waals surface area contributed by atoms with Crippen LogP contribution in [0.5, 0.6) is 0 Å². The molecule has 11 heteroatoms. The Hall–Kier alpha value is -1.69. The summed E-state index contributed by atoms with van der Waals surface area (Å²) in [4.78, 5) is 12.6. The number of rotatable bonds is 5. The molecule has 1 saturated heterocycles. The minimum Gasteiger partial charge on any atom is -0.395 e. The highest BCUT2D eigenvalue weighted by molar-refractivity contribution is 7.91. The average Bonchev–Trinajstić information content (AvgIpc) is 2.61. The van der Waals surface area contributed by atoms with Crippen LogP contribution in [0.3, 0.4) is 0 Å². The first-order chi connectivity index (χ1) is 12.4. The van der Waals surface area contributed by atoms with E-state index in [0.717, 1.165) is 16.4 Å². The van der Waals surface area contributed by atoms with Gasteiger partial charge in [0.2, 0.25) is 5.60 Å². The van der Waals surface area contributed by atoms with Crippen molar-refractivity contribution in [2.24, 2.45) is 0 Å². The summed E-state index contributed by atoms with van der Waals surface area (Å²) in [7, 11) is -4.78. The van der Waals surface area contributed by atoms with Crippen LogP contribution in [0.4, 0.5) is 18.9 Å². The number of hydrogen-bond acceptors (Lipinski definition) is 5. The van der Waals surface area contributed by atoms with Gasteiger partial charge in [-0.25, -0.2) is 0 Å². The zero-order chi connectivity index (χ0) is 20.5. The molecular weight excluding hydrogens is 389 g/mol. The maximum Gasteiger partial charge on any atom is 0.426 e. The second-order valence-corrected chi connectivity index (χ2v) is 8.16. The minimum atomic E-state index is -5.38. The van der Waals surface area contributed by atoms with Gasteiger partial charge in [-0.15, -0.1) is 0 Å². The number of benzene rings is 1. The predicted molar refractivity (Wildman–Crippen MR) is 91.0 cm³/mol. The quantitative estimate of drug-likeness (QED) is 0.765. The Morgan fingerprint density at radius 3 is 2.37 bits per heavy atom. The molecule has 1 amide bonds. The molecule has 2 N–H and O–H groups in total. The van der Waals surface area contributed by atoms with E-state index < -0.39 is 40.5 Å². The molecule has 1 aliphatic heterocycles. The van der Waals surface area contributed by atoms with Gasteiger partial charge in [0.05, 0.1) is 12.3 Å². The first-order valence-electron chi connectivity index (χ1n) is 8.26. The molecule has 0 aromatic heterocycles. The summed E-state index contributed by atoms with van der Waals surface area (Å²) < 4.78 is 66.6. The van der Waals surface area contributed by atoms with Crippen molar-refractivity contribution in [1.82, 2.24) is 4.31 Å². The van der Waals surface area contributed by atoms with Crippen LogP contribution in [-0.2, 0) is 15.0 Å². The van der Waals surface area contributed by atoms with Gasteiger partial charge in [-0.2, -0.15) is 30.2 Å². The number of nitrogens with zero attached hydrogens (tertiary/aromatic N) is 2. The molecule has 1 aromatic rings. The van der Waals surface area contributed by atoms with Crippen LogP contribution in [0, 0.1) is 0 Å². The van der Waals surface area contributed by atoms with Crippen molar-refractivity contribution in [2.75, 3.05) is 17.5 Å². The fourth-order valence-corrected chi connectivity index (χ4v) is 4.70. The van der Waals surface area contributed by atoms with Crippen molar-refractivity contribution in [3.05, 3.63) is 30.3 Å². The summed E-state index contributed by atoms with van der Waals surface area (Å²) in [6.07, 6.45) is -4.01. The lowest BCUT2D eigenvalue weighted by Gasteiger charge is -2.39. The lowest BCUT2D eigenvalue weighted by Crippen LogP contribution is -2.61. The molecule has 1 aromatic carbocycles. The van der Waals surface area contributed by atoms with Crippen LogP contribution in [0.25, 0.3) is 0 Å². The molecule has 0 spiro atoms. The highest BCUT2D eigenvalue weighted by atomic mass is 32.2. The van der Waals surface area contributed by atoms with Crippen LogP contribution in [0.2, 0.25) is 0 Å². The van der Waals surface area contributed by atoms with Crippen LogP contribution < -0.4 is 4.31 Å². The number of anilines is 1. The van der Waals surface area contributed by atoms with Crippen molar-refractivity contribution >= 4 is 21.8 Å². The topological polar surface area (TPSA) is 98.2 Å². The number of aliphatic hydroxyl groups excluding tert-OH is 1. The van der Waals surface area contributed by atoms with E-state index >= 15 is 0 Å². The fraction of sp³-hybridized carbons (Fsp3) is 0.562. The van der Waals surface area contributed by atoms with Crippen LogP contribution in [0.1, 0.15) is 26.2 Å². The number of carbonyl (C=O) groups is 1. The Kier molecular flexibility index (Phi) is 6.19. The normalized spacial score (nSPS) is 21.5. The molecule has 1 heterocycles. The highest BCUT2D eigenvalue weighted by Crippen LogP contribution is 2.35. The molecule has 0 saturated carbocycles. The second kappa shape index (κ2) is 7.74. The van der Waals surface area contributed by atoms with E-state index in [4.69, 9.17) is 0 Å². The number of para-hydroxylation sites is 1. The minimum absolute atomic E-state index is 0.0333. The van der Waals surface area contributed by atoms with Crippen molar-refractivity contribution in [3.8, 4) is 0 Å². The predicted octanol–water partition coefficient (Wildman–Crippen LogP) is 1.42. The van der Waals surface area contributed by atoms with Gasteiger partial charge in [0.1, 0.15) is 0 Å². The largest absolute Gasteiger partial charge is 0.426 e. The molecule has 0 aliphatic carbocycles. The molecular formula is C16H21F3N2O5S. The molecule has 152 valence electrons. The number of carbonyl (C=O) groups excluding carboxylic acids is 1. The molecule has 27 heavy (non-hydrogen) atoms. The fourth-order valence-electron chi connectivity index (χ4n) is 2.80. The monoisotopic (exact) mass is 410 g/mol. The molecule has 2 atom stereocenters. The van der Waals surface area contributed by atoms with E-state index in [0.29, 0.717) is 19.3 Å². The number of piperidine rings is 1. The first-order valence-corrected chi connectivity index (χ1v) is 9.66. The van der Waals surface area contributed by atoms with Gasteiger partial charge in [0, 0.05) is 12.6 Å². The van der Waals surface area contributed by atoms with Crippen LogP contribution in [-0.4, -0.2) is 59.8 Å². The first kappa shape index (κ1) is 21.6. The Balaban J connectivity index is 2.58. The average molecular weight is 410 g/mol. The third-order valence-electron chi connectivity index (χ3n) is 4.45. The molecule has 0 bridgehead atoms. The summed E-state index contributed by atoms with van der Waals surface area (Å²) in [5.74, 6) is -2.04. The van der Waals surface area contributed by atoms with Gasteiger partial charge in [-0.05, 0) is 31.9 Å². The second-order valence-electron chi connectivity index (χ2n) is 6.43. The Bertz CT molecular complexity index is 768. The Morgan fingerprint density at radius 1 is 1.26 bits per heavy atom. The standard InChI is InChI=1S/C16H21F3N2O5S/c1-15(24,16(17,18)19)14(23)21(12-7-3-2-4-8-12)27(25,26)20-10-6-5-9-13(20)11-22/h2-4,7-8,13,22,24H,5-6,9-11H2,1H3. The molecule has 1 fully saturated rings. The van der Waals surface area contributed by atoms with Crippen molar-refractivity contribution in [1.29, 1.82) is 0 Å². The van der Waals surface area contributed by atoms with Crippen molar-refractivity contribution in [2.45, 2.75) is 44.0 Å². The zero-order valence-electron chi connectivity index (χ0n) is 14.6. The van der Waals surface area contributed by atoms with Crippen molar-refractivity contribution in [3.63, 3.8) is 0 Å². The zero-order valence-corrected chi connectivity index (χ0v) is 15.4. The smallest absolute Gasteiger partial charge is 0.395 e. The summed E-state index contributed by atoms with van der Waals surface area (Å²) >= 11 is 0. The lowest BCUT2D eigenvalue weighted by molar-refractivity contribution is -0.243. The molecule has 0 radical (unpaired) electrons. The summed E-state index contributed by atoms with van der Waals surface area (Å²) in [5.41, 5.74) is -4.25. The van der Waals surface area contributed by atoms with E-state index in [9.17, 15) is 36.6 Å². The molecule has 2 rings (SSSR count). The summed E-state index contributed by atoms with van der Waals surface area (Å²) in [5, 5.41) is 19.3. The van der Waals surface area contributed by atoms with Crippen LogP contribution >= 0.6 is 0 Å². The highest BCUT2D eigenvalue weighted by Gasteiger charge is 2.59. The number of aliphatic hydroxyl groups is 2. The SMILES string of the molecule is CC(O)(C(=O)N(c1ccccc1)S(=O)(=O)N1CCCCC1CO)C(F)(F)F. The van der Waals surface area contributed by atoms with E-state index in [1.807, 2.05) is 0 Å². The molecule has 7 nitrogen and oxygen atoms in total. The summed E-state index contributed by atoms with van der Waals surface area (Å²) in [6.45, 7) is -0.384. The van der Waals surface area contributed by atoms with Gasteiger partial charge < -0.3 is 10.2 Å². The molecule has 1 aliphatic rings. The van der Waals surface area contributed by atoms with Crippen LogP contribution in [0.15, 0.2) is 30.3 Å². The number of hydrogen-bond donors (Lipinski definition) is 2. The number of halogens is 3. The van der Waals surface area contributed by atoms with Gasteiger partial charge in [-0.3, -0.25) is 4.79 Å². The van der Waals surface area contributed by atoms with E-state index in [1.165, 1.54) is 18.2 Å². The number of amides is 1. The Morgan fingerprint density at radius 2 is 1.85 bits per heavy atom. The van der Waals surface area contributed by atoms with E-state index in [1.54, 1.807) is 0 Å².